The van der Waals surface area contributed by atoms with E-state index in [0.717, 1.165) is 11.1 Å². The van der Waals surface area contributed by atoms with Crippen LogP contribution in [0.25, 0.3) is 44.2 Å². The Hall–Kier alpha value is -5.00. The molecule has 2 aliphatic rings. The fourth-order valence-corrected chi connectivity index (χ4v) is 6.76. The Bertz CT molecular complexity index is 1910. The van der Waals surface area contributed by atoms with E-state index in [1.165, 1.54) is 55.3 Å². The van der Waals surface area contributed by atoms with Crippen LogP contribution in [0.4, 0.5) is 0 Å². The first-order valence-corrected chi connectivity index (χ1v) is 12.5. The maximum atomic E-state index is 9.43. The van der Waals surface area contributed by atoms with Crippen LogP contribution in [0.3, 0.4) is 0 Å². The molecule has 1 spiro atoms. The Morgan fingerprint density at radius 1 is 0.568 bits per heavy atom. The SMILES string of the molecule is N#Cc1cc(-c2ccc3c(c2)-c2c(ccc4ccccc24)C32c3ccccc3-c3ccccc32)ccn1. The number of hydrogen-bond donors (Lipinski definition) is 0. The summed E-state index contributed by atoms with van der Waals surface area (Å²) in [4.78, 5) is 4.18. The minimum absolute atomic E-state index is 0.365. The van der Waals surface area contributed by atoms with Gasteiger partial charge in [0.2, 0.25) is 0 Å². The smallest absolute Gasteiger partial charge is 0.141 e. The van der Waals surface area contributed by atoms with Crippen LogP contribution in [0.15, 0.2) is 121 Å². The number of hydrogen-bond acceptors (Lipinski definition) is 2. The predicted octanol–water partition coefficient (Wildman–Crippen LogP) is 8.12. The number of benzene rings is 5. The Labute approximate surface area is 215 Å². The second kappa shape index (κ2) is 7.26. The summed E-state index contributed by atoms with van der Waals surface area (Å²) in [6.45, 7) is 0. The highest BCUT2D eigenvalue weighted by Crippen LogP contribution is 2.63. The van der Waals surface area contributed by atoms with Gasteiger partial charge in [0.15, 0.2) is 0 Å². The fraction of sp³-hybridized carbons (Fsp3) is 0.0286. The zero-order chi connectivity index (χ0) is 24.6. The number of fused-ring (bicyclic) bond motifs is 12. The molecule has 0 aliphatic heterocycles. The minimum Gasteiger partial charge on any atom is -0.246 e. The lowest BCUT2D eigenvalue weighted by Crippen LogP contribution is -2.25. The maximum absolute atomic E-state index is 9.43. The van der Waals surface area contributed by atoms with E-state index < -0.39 is 0 Å². The van der Waals surface area contributed by atoms with E-state index in [0.29, 0.717) is 5.69 Å². The summed E-state index contributed by atoms with van der Waals surface area (Å²) >= 11 is 0. The molecule has 0 fully saturated rings. The normalized spacial score (nSPS) is 13.6. The molecule has 37 heavy (non-hydrogen) atoms. The van der Waals surface area contributed by atoms with Crippen molar-refractivity contribution in [1.29, 1.82) is 5.26 Å². The summed E-state index contributed by atoms with van der Waals surface area (Å²) in [7, 11) is 0. The van der Waals surface area contributed by atoms with Crippen LogP contribution in [0.5, 0.6) is 0 Å². The van der Waals surface area contributed by atoms with Crippen molar-refractivity contribution >= 4 is 10.8 Å². The van der Waals surface area contributed by atoms with Crippen molar-refractivity contribution in [2.45, 2.75) is 5.41 Å². The van der Waals surface area contributed by atoms with E-state index in [9.17, 15) is 5.26 Å². The van der Waals surface area contributed by atoms with E-state index in [1.54, 1.807) is 6.20 Å². The number of nitrogens with zero attached hydrogens (tertiary/aromatic N) is 2. The molecule has 0 radical (unpaired) electrons. The Kier molecular flexibility index (Phi) is 3.97. The molecule has 5 aromatic carbocycles. The number of aromatic nitrogens is 1. The first-order valence-electron chi connectivity index (χ1n) is 12.5. The largest absolute Gasteiger partial charge is 0.246 e. The molecule has 0 N–H and O–H groups in total. The summed E-state index contributed by atoms with van der Waals surface area (Å²) < 4.78 is 0. The summed E-state index contributed by atoms with van der Waals surface area (Å²) in [5.74, 6) is 0. The van der Waals surface area contributed by atoms with Crippen LogP contribution in [-0.2, 0) is 5.41 Å². The molecule has 0 atom stereocenters. The molecule has 2 nitrogen and oxygen atoms in total. The standard InChI is InChI=1S/C35H20N2/c36-21-25-19-24(17-18-37-25)23-14-15-32-29(20-23)34-26-8-2-1-7-22(26)13-16-33(34)35(32)30-11-5-3-9-27(30)28-10-4-6-12-31(28)35/h1-20H. The quantitative estimate of drug-likeness (QED) is 0.244. The van der Waals surface area contributed by atoms with Crippen molar-refractivity contribution in [3.05, 3.63) is 149 Å². The third kappa shape index (κ3) is 2.51. The summed E-state index contributed by atoms with van der Waals surface area (Å²) in [6, 6.07) is 43.9. The molecule has 2 heteroatoms. The molecule has 6 aromatic rings. The molecule has 170 valence electrons. The number of rotatable bonds is 1. The molecule has 0 saturated carbocycles. The third-order valence-electron chi connectivity index (χ3n) is 8.19. The molecule has 2 aliphatic carbocycles. The molecule has 1 aromatic heterocycles. The van der Waals surface area contributed by atoms with Gasteiger partial charge in [0.05, 0.1) is 5.41 Å². The van der Waals surface area contributed by atoms with Gasteiger partial charge in [-0.2, -0.15) is 5.26 Å². The van der Waals surface area contributed by atoms with Crippen molar-refractivity contribution in [3.8, 4) is 39.4 Å². The zero-order valence-electron chi connectivity index (χ0n) is 19.9. The predicted molar refractivity (Wildman–Crippen MR) is 148 cm³/mol. The molecule has 1 heterocycles. The van der Waals surface area contributed by atoms with Gasteiger partial charge in [0, 0.05) is 6.20 Å². The lowest BCUT2D eigenvalue weighted by Gasteiger charge is -2.30. The molecular weight excluding hydrogens is 448 g/mol. The molecule has 0 amide bonds. The maximum Gasteiger partial charge on any atom is 0.141 e. The van der Waals surface area contributed by atoms with Gasteiger partial charge in [0.25, 0.3) is 0 Å². The summed E-state index contributed by atoms with van der Waals surface area (Å²) in [6.07, 6.45) is 1.72. The van der Waals surface area contributed by atoms with Crippen LogP contribution < -0.4 is 0 Å². The monoisotopic (exact) mass is 468 g/mol. The average molecular weight is 469 g/mol. The van der Waals surface area contributed by atoms with Crippen LogP contribution >= 0.6 is 0 Å². The number of pyridine rings is 1. The van der Waals surface area contributed by atoms with E-state index >= 15 is 0 Å². The molecule has 8 rings (SSSR count). The Morgan fingerprint density at radius 2 is 1.22 bits per heavy atom. The molecular formula is C35H20N2. The first kappa shape index (κ1) is 20.2. The Morgan fingerprint density at radius 3 is 2.00 bits per heavy atom. The van der Waals surface area contributed by atoms with Gasteiger partial charge < -0.3 is 0 Å². The van der Waals surface area contributed by atoms with Crippen LogP contribution in [0.2, 0.25) is 0 Å². The van der Waals surface area contributed by atoms with Crippen molar-refractivity contribution in [2.24, 2.45) is 0 Å². The fourth-order valence-electron chi connectivity index (χ4n) is 6.76. The van der Waals surface area contributed by atoms with Gasteiger partial charge in [-0.05, 0) is 84.6 Å². The van der Waals surface area contributed by atoms with Crippen molar-refractivity contribution in [2.75, 3.05) is 0 Å². The van der Waals surface area contributed by atoms with Crippen LogP contribution in [0.1, 0.15) is 27.9 Å². The van der Waals surface area contributed by atoms with Gasteiger partial charge >= 0.3 is 0 Å². The summed E-state index contributed by atoms with van der Waals surface area (Å²) in [5, 5.41) is 11.9. The van der Waals surface area contributed by atoms with Crippen molar-refractivity contribution < 1.29 is 0 Å². The highest BCUT2D eigenvalue weighted by molar-refractivity contribution is 6.06. The lowest BCUT2D eigenvalue weighted by molar-refractivity contribution is 0.794. The first-order chi connectivity index (χ1) is 18.3. The van der Waals surface area contributed by atoms with Crippen molar-refractivity contribution in [1.82, 2.24) is 4.98 Å². The average Bonchev–Trinajstić information content (AvgIpc) is 3.44. The lowest BCUT2D eigenvalue weighted by atomic mass is 9.70. The van der Waals surface area contributed by atoms with Gasteiger partial charge in [-0.1, -0.05) is 97.1 Å². The van der Waals surface area contributed by atoms with Crippen LogP contribution in [0, 0.1) is 11.3 Å². The highest BCUT2D eigenvalue weighted by Gasteiger charge is 2.51. The van der Waals surface area contributed by atoms with Crippen molar-refractivity contribution in [3.63, 3.8) is 0 Å². The van der Waals surface area contributed by atoms with E-state index in [2.05, 4.69) is 114 Å². The molecule has 0 saturated heterocycles. The van der Waals surface area contributed by atoms with Gasteiger partial charge in [-0.3, -0.25) is 0 Å². The molecule has 0 bridgehead atoms. The molecule has 0 unspecified atom stereocenters. The van der Waals surface area contributed by atoms with Gasteiger partial charge in [0.1, 0.15) is 11.8 Å². The highest BCUT2D eigenvalue weighted by atomic mass is 14.7. The zero-order valence-corrected chi connectivity index (χ0v) is 19.9. The van der Waals surface area contributed by atoms with Crippen LogP contribution in [-0.4, -0.2) is 4.98 Å². The van der Waals surface area contributed by atoms with Gasteiger partial charge in [-0.15, -0.1) is 0 Å². The van der Waals surface area contributed by atoms with E-state index in [4.69, 9.17) is 0 Å². The van der Waals surface area contributed by atoms with E-state index in [-0.39, 0.29) is 5.41 Å². The van der Waals surface area contributed by atoms with Gasteiger partial charge in [-0.25, -0.2) is 4.98 Å². The van der Waals surface area contributed by atoms with E-state index in [1.807, 2.05) is 12.1 Å². The summed E-state index contributed by atoms with van der Waals surface area (Å²) in [5.41, 5.74) is 12.7. The second-order valence-corrected chi connectivity index (χ2v) is 9.85. The topological polar surface area (TPSA) is 36.7 Å². The Balaban J connectivity index is 1.53. The minimum atomic E-state index is -0.365. The second-order valence-electron chi connectivity index (χ2n) is 9.85. The third-order valence-corrected chi connectivity index (χ3v) is 8.19. The number of nitriles is 1.